The summed E-state index contributed by atoms with van der Waals surface area (Å²) in [6.07, 6.45) is 3.44. The highest BCUT2D eigenvalue weighted by Gasteiger charge is 2.30. The number of nitriles is 2. The zero-order valence-corrected chi connectivity index (χ0v) is 16.1. The van der Waals surface area contributed by atoms with Gasteiger partial charge in [0.15, 0.2) is 5.76 Å². The maximum Gasteiger partial charge on any atom is 0.291 e. The van der Waals surface area contributed by atoms with Gasteiger partial charge in [-0.1, -0.05) is 0 Å². The number of aryl methyl sites for hydroxylation is 2. The third-order valence-corrected chi connectivity index (χ3v) is 4.73. The minimum Gasteiger partial charge on any atom is -0.469 e. The van der Waals surface area contributed by atoms with Crippen LogP contribution < -0.4 is 5.43 Å². The van der Waals surface area contributed by atoms with Gasteiger partial charge in [-0.05, 0) is 32.8 Å². The summed E-state index contributed by atoms with van der Waals surface area (Å²) in [6.45, 7) is 3.00. The lowest BCUT2D eigenvalue weighted by Crippen LogP contribution is -2.32. The van der Waals surface area contributed by atoms with Crippen LogP contribution >= 0.6 is 0 Å². The van der Waals surface area contributed by atoms with Gasteiger partial charge in [-0.2, -0.15) is 15.6 Å². The van der Waals surface area contributed by atoms with E-state index in [9.17, 15) is 9.59 Å². The molecule has 148 valence electrons. The molecule has 0 radical (unpaired) electrons. The molecule has 0 unspecified atom stereocenters. The van der Waals surface area contributed by atoms with E-state index >= 15 is 0 Å². The van der Waals surface area contributed by atoms with Gasteiger partial charge in [0.05, 0.1) is 29.7 Å². The third-order valence-electron chi connectivity index (χ3n) is 4.73. The lowest BCUT2D eigenvalue weighted by atomic mass is 9.93. The Morgan fingerprint density at radius 3 is 2.59 bits per heavy atom. The first kappa shape index (κ1) is 19.9. The fourth-order valence-electron chi connectivity index (χ4n) is 3.30. The molecule has 0 saturated heterocycles. The van der Waals surface area contributed by atoms with Crippen LogP contribution in [0.1, 0.15) is 56.4 Å². The first-order valence-corrected chi connectivity index (χ1v) is 9.04. The number of nitrogens with one attached hydrogen (secondary N) is 1. The van der Waals surface area contributed by atoms with Gasteiger partial charge >= 0.3 is 0 Å². The van der Waals surface area contributed by atoms with Crippen molar-refractivity contribution >= 4 is 17.5 Å². The van der Waals surface area contributed by atoms with Crippen LogP contribution in [0.2, 0.25) is 0 Å². The number of carbonyl (C=O) groups excluding carboxylic acids is 2. The molecule has 2 heterocycles. The van der Waals surface area contributed by atoms with Crippen molar-refractivity contribution in [3.63, 3.8) is 0 Å². The molecule has 0 aliphatic heterocycles. The second kappa shape index (κ2) is 8.44. The summed E-state index contributed by atoms with van der Waals surface area (Å²) in [6, 6.07) is 5.32. The highest BCUT2D eigenvalue weighted by Crippen LogP contribution is 2.30. The standard InChI is InChI=1S/C20H19N5O4/c1-12-17-15(23-24-19(26)14-6-11-28-13(14)2)4-3-5-16(17)29-18(12)20(27)25(9-7-21)10-8-22/h6,11H,3-5,9-10H2,1-2H3,(H,24,26)/b23-15+. The van der Waals surface area contributed by atoms with E-state index in [4.69, 9.17) is 19.4 Å². The molecule has 0 saturated carbocycles. The average molecular weight is 393 g/mol. The van der Waals surface area contributed by atoms with Crippen LogP contribution in [0.15, 0.2) is 26.3 Å². The van der Waals surface area contributed by atoms with Gasteiger partial charge in [0.2, 0.25) is 0 Å². The van der Waals surface area contributed by atoms with Crippen LogP contribution in [0.4, 0.5) is 0 Å². The van der Waals surface area contributed by atoms with Crippen molar-refractivity contribution in [3.05, 3.63) is 46.3 Å². The molecule has 9 heteroatoms. The van der Waals surface area contributed by atoms with Crippen molar-refractivity contribution in [1.82, 2.24) is 10.3 Å². The number of fused-ring (bicyclic) bond motifs is 1. The molecule has 29 heavy (non-hydrogen) atoms. The topological polar surface area (TPSA) is 136 Å². The Kier molecular flexibility index (Phi) is 5.79. The minimum absolute atomic E-state index is 0.0899. The van der Waals surface area contributed by atoms with Crippen molar-refractivity contribution in [2.45, 2.75) is 33.1 Å². The Hall–Kier alpha value is -3.85. The summed E-state index contributed by atoms with van der Waals surface area (Å²) in [4.78, 5) is 26.2. The van der Waals surface area contributed by atoms with E-state index in [1.165, 1.54) is 6.26 Å². The van der Waals surface area contributed by atoms with Crippen molar-refractivity contribution in [2.24, 2.45) is 5.10 Å². The number of nitrogens with zero attached hydrogens (tertiary/aromatic N) is 4. The fraction of sp³-hybridized carbons (Fsp3) is 0.350. The maximum absolute atomic E-state index is 12.7. The first-order valence-electron chi connectivity index (χ1n) is 9.04. The summed E-state index contributed by atoms with van der Waals surface area (Å²) >= 11 is 0. The zero-order valence-electron chi connectivity index (χ0n) is 16.1. The number of rotatable bonds is 5. The molecule has 1 aliphatic rings. The van der Waals surface area contributed by atoms with Gasteiger partial charge in [-0.25, -0.2) is 5.43 Å². The fourth-order valence-corrected chi connectivity index (χ4v) is 3.30. The normalized spacial score (nSPS) is 14.0. The van der Waals surface area contributed by atoms with E-state index < -0.39 is 5.91 Å². The Morgan fingerprint density at radius 2 is 1.97 bits per heavy atom. The third kappa shape index (κ3) is 3.90. The van der Waals surface area contributed by atoms with Crippen LogP contribution in [0, 0.1) is 36.5 Å². The second-order valence-electron chi connectivity index (χ2n) is 6.58. The monoisotopic (exact) mass is 393 g/mol. The summed E-state index contributed by atoms with van der Waals surface area (Å²) in [5.41, 5.74) is 4.82. The Bertz CT molecular complexity index is 1050. The van der Waals surface area contributed by atoms with Gasteiger partial charge < -0.3 is 13.7 Å². The van der Waals surface area contributed by atoms with Crippen molar-refractivity contribution < 1.29 is 18.4 Å². The van der Waals surface area contributed by atoms with Crippen LogP contribution in [0.25, 0.3) is 0 Å². The lowest BCUT2D eigenvalue weighted by molar-refractivity contribution is 0.0760. The Morgan fingerprint density at radius 1 is 1.24 bits per heavy atom. The predicted octanol–water partition coefficient (Wildman–Crippen LogP) is 2.45. The molecule has 2 aromatic rings. The average Bonchev–Trinajstić information content (AvgIpc) is 3.29. The van der Waals surface area contributed by atoms with Crippen LogP contribution in [-0.4, -0.2) is 35.5 Å². The molecule has 0 fully saturated rings. The zero-order chi connectivity index (χ0) is 21.0. The van der Waals surface area contributed by atoms with Gasteiger partial charge in [0.25, 0.3) is 11.8 Å². The molecule has 3 rings (SSSR count). The molecule has 0 bridgehead atoms. The largest absolute Gasteiger partial charge is 0.469 e. The van der Waals surface area contributed by atoms with E-state index in [0.29, 0.717) is 46.8 Å². The van der Waals surface area contributed by atoms with Crippen LogP contribution in [-0.2, 0) is 6.42 Å². The molecular formula is C20H19N5O4. The number of hydrogen-bond donors (Lipinski definition) is 1. The summed E-state index contributed by atoms with van der Waals surface area (Å²) < 4.78 is 10.9. The van der Waals surface area contributed by atoms with Gasteiger partial charge in [-0.3, -0.25) is 9.59 Å². The Balaban J connectivity index is 1.89. The molecule has 2 amide bonds. The number of carbonyl (C=O) groups is 2. The van der Waals surface area contributed by atoms with E-state index in [0.717, 1.165) is 11.3 Å². The highest BCUT2D eigenvalue weighted by molar-refractivity contribution is 6.07. The number of amides is 2. The smallest absolute Gasteiger partial charge is 0.291 e. The molecule has 1 aliphatic carbocycles. The highest BCUT2D eigenvalue weighted by atomic mass is 16.4. The molecular weight excluding hydrogens is 374 g/mol. The molecule has 0 atom stereocenters. The lowest BCUT2D eigenvalue weighted by Gasteiger charge is -2.14. The molecule has 2 aromatic heterocycles. The van der Waals surface area contributed by atoms with Crippen LogP contribution in [0.5, 0.6) is 0 Å². The number of furan rings is 2. The van der Waals surface area contributed by atoms with E-state index in [-0.39, 0.29) is 24.8 Å². The second-order valence-corrected chi connectivity index (χ2v) is 6.58. The first-order chi connectivity index (χ1) is 14.0. The minimum atomic E-state index is -0.516. The van der Waals surface area contributed by atoms with Gasteiger partial charge in [0, 0.05) is 17.5 Å². The quantitative estimate of drug-likeness (QED) is 0.612. The Labute approximate surface area is 167 Å². The SMILES string of the molecule is Cc1occc1C(=O)N/N=C1\CCCc2oc(C(=O)N(CC#N)CC#N)c(C)c21. The summed E-state index contributed by atoms with van der Waals surface area (Å²) in [5, 5.41) is 22.1. The number of hydrogen-bond acceptors (Lipinski definition) is 7. The van der Waals surface area contributed by atoms with Crippen molar-refractivity contribution in [2.75, 3.05) is 13.1 Å². The van der Waals surface area contributed by atoms with Crippen molar-refractivity contribution in [3.8, 4) is 12.1 Å². The summed E-state index contributed by atoms with van der Waals surface area (Å²) in [7, 11) is 0. The summed E-state index contributed by atoms with van der Waals surface area (Å²) in [5.74, 6) is 0.292. The molecule has 9 nitrogen and oxygen atoms in total. The van der Waals surface area contributed by atoms with Crippen LogP contribution in [0.3, 0.4) is 0 Å². The van der Waals surface area contributed by atoms with E-state index in [1.54, 1.807) is 19.9 Å². The van der Waals surface area contributed by atoms with Gasteiger partial charge in [0.1, 0.15) is 24.6 Å². The molecule has 0 aromatic carbocycles. The molecule has 1 N–H and O–H groups in total. The predicted molar refractivity (Wildman–Crippen MR) is 101 cm³/mol. The maximum atomic E-state index is 12.7. The van der Waals surface area contributed by atoms with Crippen molar-refractivity contribution in [1.29, 1.82) is 10.5 Å². The van der Waals surface area contributed by atoms with E-state index in [1.807, 2.05) is 12.1 Å². The number of hydrazone groups is 1. The molecule has 0 spiro atoms. The van der Waals surface area contributed by atoms with E-state index in [2.05, 4.69) is 10.5 Å². The van der Waals surface area contributed by atoms with Gasteiger partial charge in [-0.15, -0.1) is 0 Å².